The molecule has 1 saturated carbocycles. The van der Waals surface area contributed by atoms with Gasteiger partial charge in [0.05, 0.1) is 6.10 Å². The first-order chi connectivity index (χ1) is 6.66. The Morgan fingerprint density at radius 3 is 2.36 bits per heavy atom. The third-order valence-corrected chi connectivity index (χ3v) is 3.35. The lowest BCUT2D eigenvalue weighted by molar-refractivity contribution is 0.0668. The Morgan fingerprint density at radius 2 is 1.86 bits per heavy atom. The van der Waals surface area contributed by atoms with Crippen molar-refractivity contribution in [3.05, 3.63) is 40.9 Å². The monoisotopic (exact) mass is 252 g/mol. The summed E-state index contributed by atoms with van der Waals surface area (Å²) in [5.74, 6) is 0.478. The van der Waals surface area contributed by atoms with Crippen molar-refractivity contribution in [1.29, 1.82) is 0 Å². The van der Waals surface area contributed by atoms with Crippen molar-refractivity contribution in [2.24, 2.45) is 5.92 Å². The Balaban J connectivity index is 2.08. The number of halogens is 1. The molecule has 0 aliphatic heterocycles. The van der Waals surface area contributed by atoms with Gasteiger partial charge in [0.15, 0.2) is 0 Å². The quantitative estimate of drug-likeness (QED) is 0.857. The van der Waals surface area contributed by atoms with E-state index in [0.717, 1.165) is 22.9 Å². The zero-order chi connectivity index (χ0) is 10.1. The van der Waals surface area contributed by atoms with Crippen LogP contribution in [0.2, 0.25) is 0 Å². The minimum Gasteiger partial charge on any atom is -0.393 e. The molecule has 1 N–H and O–H groups in total. The summed E-state index contributed by atoms with van der Waals surface area (Å²) in [6.07, 6.45) is 1.64. The smallest absolute Gasteiger partial charge is 0.0552 e. The lowest BCUT2D eigenvalue weighted by Crippen LogP contribution is -2.28. The molecule has 0 unspecified atom stereocenters. The van der Waals surface area contributed by atoms with Gasteiger partial charge < -0.3 is 5.11 Å². The summed E-state index contributed by atoms with van der Waals surface area (Å²) in [7, 11) is 0. The summed E-state index contributed by atoms with van der Waals surface area (Å²) in [6.45, 7) is 4.08. The molecule has 0 heterocycles. The second kappa shape index (κ2) is 3.87. The van der Waals surface area contributed by atoms with Crippen LogP contribution in [0.4, 0.5) is 0 Å². The molecule has 1 aromatic rings. The van der Waals surface area contributed by atoms with Crippen molar-refractivity contribution in [3.8, 4) is 0 Å². The predicted molar refractivity (Wildman–Crippen MR) is 61.9 cm³/mol. The Bertz CT molecular complexity index is 336. The SMILES string of the molecule is C=C(c1ccc(Br)cc1)C1CC(O)C1. The minimum atomic E-state index is -0.104. The number of aliphatic hydroxyl groups excluding tert-OH is 1. The van der Waals surface area contributed by atoms with Gasteiger partial charge in [0.2, 0.25) is 0 Å². The third kappa shape index (κ3) is 1.91. The van der Waals surface area contributed by atoms with E-state index < -0.39 is 0 Å². The van der Waals surface area contributed by atoms with Crippen molar-refractivity contribution in [2.45, 2.75) is 18.9 Å². The van der Waals surface area contributed by atoms with Crippen LogP contribution in [-0.2, 0) is 0 Å². The average Bonchev–Trinajstić information content (AvgIpc) is 2.13. The van der Waals surface area contributed by atoms with Crippen LogP contribution < -0.4 is 0 Å². The highest BCUT2D eigenvalue weighted by Crippen LogP contribution is 2.37. The van der Waals surface area contributed by atoms with Gasteiger partial charge in [-0.3, -0.25) is 0 Å². The molecule has 1 nitrogen and oxygen atoms in total. The number of hydrogen-bond acceptors (Lipinski definition) is 1. The van der Waals surface area contributed by atoms with Gasteiger partial charge in [0.25, 0.3) is 0 Å². The Kier molecular flexibility index (Phi) is 2.75. The van der Waals surface area contributed by atoms with Gasteiger partial charge in [-0.25, -0.2) is 0 Å². The number of benzene rings is 1. The third-order valence-electron chi connectivity index (χ3n) is 2.82. The fraction of sp³-hybridized carbons (Fsp3) is 0.333. The summed E-state index contributed by atoms with van der Waals surface area (Å²) in [6, 6.07) is 8.18. The molecule has 0 spiro atoms. The van der Waals surface area contributed by atoms with Gasteiger partial charge in [-0.2, -0.15) is 0 Å². The first-order valence-electron chi connectivity index (χ1n) is 4.79. The second-order valence-corrected chi connectivity index (χ2v) is 4.77. The van der Waals surface area contributed by atoms with Gasteiger partial charge in [-0.15, -0.1) is 0 Å². The summed E-state index contributed by atoms with van der Waals surface area (Å²) < 4.78 is 1.09. The maximum Gasteiger partial charge on any atom is 0.0552 e. The van der Waals surface area contributed by atoms with E-state index in [9.17, 15) is 5.11 Å². The molecule has 1 aliphatic rings. The van der Waals surface area contributed by atoms with E-state index in [1.165, 1.54) is 5.56 Å². The molecule has 74 valence electrons. The number of allylic oxidation sites excluding steroid dienone is 1. The van der Waals surface area contributed by atoms with Crippen molar-refractivity contribution in [3.63, 3.8) is 0 Å². The molecule has 0 saturated heterocycles. The first-order valence-corrected chi connectivity index (χ1v) is 5.59. The Morgan fingerprint density at radius 1 is 1.29 bits per heavy atom. The highest BCUT2D eigenvalue weighted by atomic mass is 79.9. The van der Waals surface area contributed by atoms with Crippen molar-refractivity contribution in [2.75, 3.05) is 0 Å². The van der Waals surface area contributed by atoms with Crippen LogP contribution in [0, 0.1) is 5.92 Å². The number of hydrogen-bond donors (Lipinski definition) is 1. The molecule has 0 amide bonds. The summed E-state index contributed by atoms with van der Waals surface area (Å²) in [5.41, 5.74) is 2.34. The minimum absolute atomic E-state index is 0.104. The average molecular weight is 253 g/mol. The Hall–Kier alpha value is -0.600. The predicted octanol–water partition coefficient (Wildman–Crippen LogP) is 3.23. The van der Waals surface area contributed by atoms with Gasteiger partial charge in [-0.1, -0.05) is 34.6 Å². The topological polar surface area (TPSA) is 20.2 Å². The molecule has 14 heavy (non-hydrogen) atoms. The van der Waals surface area contributed by atoms with Crippen LogP contribution in [0.25, 0.3) is 5.57 Å². The first kappa shape index (κ1) is 9.94. The van der Waals surface area contributed by atoms with Crippen molar-refractivity contribution >= 4 is 21.5 Å². The fourth-order valence-electron chi connectivity index (χ4n) is 1.77. The lowest BCUT2D eigenvalue weighted by Gasteiger charge is -2.33. The van der Waals surface area contributed by atoms with Gasteiger partial charge in [0.1, 0.15) is 0 Å². The zero-order valence-corrected chi connectivity index (χ0v) is 9.50. The van der Waals surface area contributed by atoms with Crippen LogP contribution >= 0.6 is 15.9 Å². The van der Waals surface area contributed by atoms with Crippen molar-refractivity contribution < 1.29 is 5.11 Å². The van der Waals surface area contributed by atoms with Gasteiger partial charge >= 0.3 is 0 Å². The van der Waals surface area contributed by atoms with Crippen LogP contribution in [0.5, 0.6) is 0 Å². The lowest BCUT2D eigenvalue weighted by atomic mass is 9.76. The van der Waals surface area contributed by atoms with E-state index in [0.29, 0.717) is 5.92 Å². The van der Waals surface area contributed by atoms with Crippen LogP contribution in [0.15, 0.2) is 35.3 Å². The summed E-state index contributed by atoms with van der Waals surface area (Å²) in [5, 5.41) is 9.21. The fourth-order valence-corrected chi connectivity index (χ4v) is 2.04. The highest BCUT2D eigenvalue weighted by Gasteiger charge is 2.29. The van der Waals surface area contributed by atoms with Crippen molar-refractivity contribution in [1.82, 2.24) is 0 Å². The van der Waals surface area contributed by atoms with E-state index in [-0.39, 0.29) is 6.10 Å². The number of rotatable bonds is 2. The normalized spacial score (nSPS) is 25.6. The molecule has 1 aromatic carbocycles. The van der Waals surface area contributed by atoms with Crippen LogP contribution in [0.1, 0.15) is 18.4 Å². The molecule has 1 fully saturated rings. The molecule has 0 aromatic heterocycles. The van der Waals surface area contributed by atoms with E-state index >= 15 is 0 Å². The van der Waals surface area contributed by atoms with E-state index in [4.69, 9.17) is 0 Å². The second-order valence-electron chi connectivity index (χ2n) is 3.85. The molecule has 0 atom stereocenters. The maximum absolute atomic E-state index is 9.21. The molecule has 0 radical (unpaired) electrons. The Labute approximate surface area is 92.6 Å². The maximum atomic E-state index is 9.21. The molecule has 2 heteroatoms. The van der Waals surface area contributed by atoms with Gasteiger partial charge in [-0.05, 0) is 42.0 Å². The van der Waals surface area contributed by atoms with Gasteiger partial charge in [0, 0.05) is 4.47 Å². The van der Waals surface area contributed by atoms with E-state index in [2.05, 4.69) is 34.6 Å². The molecule has 2 rings (SSSR count). The standard InChI is InChI=1S/C12H13BrO/c1-8(10-6-12(14)7-10)9-2-4-11(13)5-3-9/h2-5,10,12,14H,1,6-7H2. The van der Waals surface area contributed by atoms with Crippen LogP contribution in [0.3, 0.4) is 0 Å². The molecule has 1 aliphatic carbocycles. The van der Waals surface area contributed by atoms with Crippen LogP contribution in [-0.4, -0.2) is 11.2 Å². The largest absolute Gasteiger partial charge is 0.393 e. The summed E-state index contributed by atoms with van der Waals surface area (Å²) in [4.78, 5) is 0. The molecular formula is C12H13BrO. The molecule has 0 bridgehead atoms. The summed E-state index contributed by atoms with van der Waals surface area (Å²) >= 11 is 3.40. The molecular weight excluding hydrogens is 240 g/mol. The zero-order valence-electron chi connectivity index (χ0n) is 7.91. The van der Waals surface area contributed by atoms with E-state index in [1.54, 1.807) is 0 Å². The highest BCUT2D eigenvalue weighted by molar-refractivity contribution is 9.10. The van der Waals surface area contributed by atoms with E-state index in [1.807, 2.05) is 12.1 Å². The number of aliphatic hydroxyl groups is 1.